The average Bonchev–Trinajstić information content (AvgIpc) is 2.84. The van der Waals surface area contributed by atoms with E-state index in [1.165, 1.54) is 0 Å². The van der Waals surface area contributed by atoms with E-state index in [1.54, 1.807) is 75.4 Å². The summed E-state index contributed by atoms with van der Waals surface area (Å²) in [6.07, 6.45) is -0.843. The molecule has 0 aromatic heterocycles. The third-order valence-electron chi connectivity index (χ3n) is 4.34. The van der Waals surface area contributed by atoms with Crippen molar-refractivity contribution in [1.29, 1.82) is 0 Å². The molecule has 0 bridgehead atoms. The van der Waals surface area contributed by atoms with Gasteiger partial charge in [0.1, 0.15) is 5.60 Å². The van der Waals surface area contributed by atoms with Gasteiger partial charge in [-0.2, -0.15) is 0 Å². The van der Waals surface area contributed by atoms with Crippen molar-refractivity contribution in [1.82, 2.24) is 5.32 Å². The molecule has 1 aliphatic rings. The van der Waals surface area contributed by atoms with Crippen molar-refractivity contribution in [2.75, 3.05) is 0 Å². The number of rotatable bonds is 3. The number of ketones is 1. The van der Waals surface area contributed by atoms with Gasteiger partial charge in [0.2, 0.25) is 11.5 Å². The molecule has 0 saturated carbocycles. The number of carbonyl (C=O) groups excluding carboxylic acids is 2. The van der Waals surface area contributed by atoms with E-state index < -0.39 is 29.2 Å². The highest BCUT2D eigenvalue weighted by molar-refractivity contribution is 6.07. The average molecular weight is 355 g/mol. The predicted molar refractivity (Wildman–Crippen MR) is 96.9 cm³/mol. The minimum atomic E-state index is -2.26. The molecule has 136 valence electrons. The van der Waals surface area contributed by atoms with Gasteiger partial charge in [0, 0.05) is 12.0 Å². The molecule has 1 amide bonds. The maximum absolute atomic E-state index is 16.0. The fourth-order valence-corrected chi connectivity index (χ4v) is 3.24. The topological polar surface area (TPSA) is 55.4 Å². The highest BCUT2D eigenvalue weighted by atomic mass is 19.1. The van der Waals surface area contributed by atoms with Gasteiger partial charge in [0.15, 0.2) is 0 Å². The van der Waals surface area contributed by atoms with Crippen molar-refractivity contribution < 1.29 is 18.7 Å². The summed E-state index contributed by atoms with van der Waals surface area (Å²) in [5.74, 6) is -0.613. The summed E-state index contributed by atoms with van der Waals surface area (Å²) in [7, 11) is 0. The van der Waals surface area contributed by atoms with Crippen LogP contribution < -0.4 is 5.32 Å². The van der Waals surface area contributed by atoms with E-state index in [9.17, 15) is 9.59 Å². The minimum absolute atomic E-state index is 0.0859. The number of nitrogens with one attached hydrogen (secondary N) is 1. The summed E-state index contributed by atoms with van der Waals surface area (Å²) in [4.78, 5) is 25.1. The Morgan fingerprint density at radius 1 is 1.12 bits per heavy atom. The quantitative estimate of drug-likeness (QED) is 0.888. The molecular formula is C21H22FNO3. The van der Waals surface area contributed by atoms with Crippen LogP contribution in [0.25, 0.3) is 0 Å². The first-order chi connectivity index (χ1) is 12.2. The van der Waals surface area contributed by atoms with E-state index in [0.29, 0.717) is 16.7 Å². The molecule has 1 N–H and O–H groups in total. The van der Waals surface area contributed by atoms with Gasteiger partial charge in [-0.05, 0) is 31.9 Å². The van der Waals surface area contributed by atoms with E-state index in [4.69, 9.17) is 4.74 Å². The number of hydrogen-bond acceptors (Lipinski definition) is 3. The minimum Gasteiger partial charge on any atom is -0.444 e. The summed E-state index contributed by atoms with van der Waals surface area (Å²) < 4.78 is 21.3. The Morgan fingerprint density at radius 2 is 1.73 bits per heavy atom. The lowest BCUT2D eigenvalue weighted by molar-refractivity contribution is 0.0372. The van der Waals surface area contributed by atoms with Crippen LogP contribution in [0.15, 0.2) is 54.6 Å². The summed E-state index contributed by atoms with van der Waals surface area (Å²) in [5.41, 5.74) is -1.46. The second-order valence-corrected chi connectivity index (χ2v) is 7.52. The van der Waals surface area contributed by atoms with Gasteiger partial charge >= 0.3 is 6.09 Å². The Bertz CT molecular complexity index is 829. The Labute approximate surface area is 152 Å². The molecule has 2 atom stereocenters. The molecule has 26 heavy (non-hydrogen) atoms. The number of fused-ring (bicyclic) bond motifs is 1. The molecule has 2 aromatic carbocycles. The fraction of sp³-hybridized carbons (Fsp3) is 0.333. The molecule has 0 radical (unpaired) electrons. The molecule has 5 heteroatoms. The number of alkyl carbamates (subject to hydrolysis) is 1. The Hall–Kier alpha value is -2.69. The lowest BCUT2D eigenvalue weighted by Crippen LogP contribution is -2.48. The molecule has 0 fully saturated rings. The zero-order chi connectivity index (χ0) is 18.9. The lowest BCUT2D eigenvalue weighted by Gasteiger charge is -2.31. The van der Waals surface area contributed by atoms with Gasteiger partial charge in [-0.1, -0.05) is 54.6 Å². The van der Waals surface area contributed by atoms with Gasteiger partial charge in [-0.15, -0.1) is 0 Å². The van der Waals surface area contributed by atoms with Crippen LogP contribution in [0.1, 0.15) is 48.3 Å². The molecule has 4 nitrogen and oxygen atoms in total. The molecule has 0 saturated heterocycles. The van der Waals surface area contributed by atoms with Crippen LogP contribution in [-0.4, -0.2) is 23.1 Å². The van der Waals surface area contributed by atoms with E-state index in [2.05, 4.69) is 5.32 Å². The predicted octanol–water partition coefficient (Wildman–Crippen LogP) is 4.40. The highest BCUT2D eigenvalue weighted by Gasteiger charge is 2.53. The Morgan fingerprint density at radius 3 is 2.35 bits per heavy atom. The zero-order valence-corrected chi connectivity index (χ0v) is 15.1. The van der Waals surface area contributed by atoms with Gasteiger partial charge in [-0.3, -0.25) is 4.79 Å². The molecular weight excluding hydrogens is 333 g/mol. The van der Waals surface area contributed by atoms with Crippen LogP contribution in [0.5, 0.6) is 0 Å². The SMILES string of the molecule is CC(C)(C)OC(=O)N[C@@H](c1ccccc1)[C@@]1(F)Cc2ccccc2C1=O. The number of carbonyl (C=O) groups is 2. The van der Waals surface area contributed by atoms with E-state index in [1.807, 2.05) is 0 Å². The first-order valence-electron chi connectivity index (χ1n) is 8.57. The molecule has 2 aromatic rings. The maximum atomic E-state index is 16.0. The smallest absolute Gasteiger partial charge is 0.408 e. The summed E-state index contributed by atoms with van der Waals surface area (Å²) in [5, 5.41) is 2.58. The van der Waals surface area contributed by atoms with E-state index >= 15 is 4.39 Å². The molecule has 0 heterocycles. The largest absolute Gasteiger partial charge is 0.444 e. The number of benzene rings is 2. The normalized spacial score (nSPS) is 20.4. The first-order valence-corrected chi connectivity index (χ1v) is 8.57. The van der Waals surface area contributed by atoms with E-state index in [-0.39, 0.29) is 6.42 Å². The summed E-state index contributed by atoms with van der Waals surface area (Å²) in [6, 6.07) is 14.4. The lowest BCUT2D eigenvalue weighted by atomic mass is 9.86. The van der Waals surface area contributed by atoms with Crippen molar-refractivity contribution in [3.63, 3.8) is 0 Å². The van der Waals surface area contributed by atoms with Crippen LogP contribution >= 0.6 is 0 Å². The summed E-state index contributed by atoms with van der Waals surface area (Å²) >= 11 is 0. The summed E-state index contributed by atoms with van der Waals surface area (Å²) in [6.45, 7) is 5.18. The van der Waals surface area contributed by atoms with Gasteiger partial charge < -0.3 is 10.1 Å². The third-order valence-corrected chi connectivity index (χ3v) is 4.34. The third kappa shape index (κ3) is 3.47. The monoisotopic (exact) mass is 355 g/mol. The van der Waals surface area contributed by atoms with Gasteiger partial charge in [-0.25, -0.2) is 9.18 Å². The van der Waals surface area contributed by atoms with E-state index in [0.717, 1.165) is 0 Å². The number of ether oxygens (including phenoxy) is 1. The fourth-order valence-electron chi connectivity index (χ4n) is 3.24. The second kappa shape index (κ2) is 6.56. The number of amides is 1. The molecule has 3 rings (SSSR count). The van der Waals surface area contributed by atoms with Crippen LogP contribution in [0, 0.1) is 0 Å². The standard InChI is InChI=1S/C21H22FNO3/c1-20(2,3)26-19(25)23-17(14-9-5-4-6-10-14)21(22)13-15-11-7-8-12-16(15)18(21)24/h4-12,17H,13H2,1-3H3,(H,23,25)/t17-,21-/m0/s1. The van der Waals surface area contributed by atoms with Gasteiger partial charge in [0.25, 0.3) is 0 Å². The highest BCUT2D eigenvalue weighted by Crippen LogP contribution is 2.42. The van der Waals surface area contributed by atoms with Crippen molar-refractivity contribution in [3.05, 3.63) is 71.3 Å². The zero-order valence-electron chi connectivity index (χ0n) is 15.1. The van der Waals surface area contributed by atoms with Crippen molar-refractivity contribution >= 4 is 11.9 Å². The van der Waals surface area contributed by atoms with Crippen molar-refractivity contribution in [3.8, 4) is 0 Å². The Kier molecular flexibility index (Phi) is 4.57. The second-order valence-electron chi connectivity index (χ2n) is 7.52. The van der Waals surface area contributed by atoms with Crippen LogP contribution in [0.3, 0.4) is 0 Å². The van der Waals surface area contributed by atoms with Crippen molar-refractivity contribution in [2.24, 2.45) is 0 Å². The van der Waals surface area contributed by atoms with Gasteiger partial charge in [0.05, 0.1) is 6.04 Å². The van der Waals surface area contributed by atoms with Crippen molar-refractivity contribution in [2.45, 2.75) is 44.5 Å². The number of Topliss-reactive ketones (excluding diaryl/α,β-unsaturated/α-hetero) is 1. The first kappa shape index (κ1) is 18.1. The molecule has 0 spiro atoms. The van der Waals surface area contributed by atoms with Crippen LogP contribution in [-0.2, 0) is 11.2 Å². The van der Waals surface area contributed by atoms with Crippen LogP contribution in [0.4, 0.5) is 9.18 Å². The molecule has 1 aliphatic carbocycles. The number of alkyl halides is 1. The number of halogens is 1. The molecule has 0 aliphatic heterocycles. The maximum Gasteiger partial charge on any atom is 0.408 e. The number of hydrogen-bond donors (Lipinski definition) is 1. The molecule has 0 unspecified atom stereocenters. The Balaban J connectivity index is 1.97. The van der Waals surface area contributed by atoms with Crippen LogP contribution in [0.2, 0.25) is 0 Å².